The van der Waals surface area contributed by atoms with Crippen molar-refractivity contribution < 1.29 is 4.74 Å². The topological polar surface area (TPSA) is 34.1 Å². The lowest BCUT2D eigenvalue weighted by Gasteiger charge is -2.11. The van der Waals surface area contributed by atoms with E-state index in [1.165, 1.54) is 0 Å². The van der Waals surface area contributed by atoms with Crippen LogP contribution in [-0.4, -0.2) is 18.1 Å². The predicted molar refractivity (Wildman–Crippen MR) is 83.2 cm³/mol. The Bertz CT molecular complexity index is 584. The number of ether oxygens (including phenoxy) is 1. The van der Waals surface area contributed by atoms with E-state index in [4.69, 9.17) is 16.3 Å². The van der Waals surface area contributed by atoms with Gasteiger partial charge in [0.1, 0.15) is 0 Å². The fourth-order valence-corrected chi connectivity index (χ4v) is 2.13. The average molecular weight is 291 g/mol. The normalized spacial score (nSPS) is 10.8. The quantitative estimate of drug-likeness (QED) is 0.906. The van der Waals surface area contributed by atoms with E-state index in [9.17, 15) is 0 Å². The predicted octanol–water partition coefficient (Wildman–Crippen LogP) is 3.91. The maximum atomic E-state index is 6.35. The van der Waals surface area contributed by atoms with Crippen LogP contribution < -0.4 is 10.1 Å². The average Bonchev–Trinajstić information content (AvgIpc) is 2.46. The van der Waals surface area contributed by atoms with Crippen molar-refractivity contribution in [1.29, 1.82) is 0 Å². The van der Waals surface area contributed by atoms with Gasteiger partial charge in [0.05, 0.1) is 7.11 Å². The number of methoxy groups -OCH3 is 1. The molecule has 0 saturated carbocycles. The first-order valence-electron chi connectivity index (χ1n) is 6.62. The number of aromatic nitrogens is 1. The van der Waals surface area contributed by atoms with Gasteiger partial charge in [-0.3, -0.25) is 0 Å². The van der Waals surface area contributed by atoms with Crippen LogP contribution in [0.2, 0.25) is 5.02 Å². The molecule has 4 heteroatoms. The Kier molecular flexibility index (Phi) is 4.99. The molecule has 0 aliphatic carbocycles. The molecule has 1 aromatic heterocycles. The van der Waals surface area contributed by atoms with Crippen LogP contribution in [0.25, 0.3) is 11.1 Å². The molecule has 2 rings (SSSR count). The van der Waals surface area contributed by atoms with Gasteiger partial charge in [0, 0.05) is 29.9 Å². The van der Waals surface area contributed by atoms with Gasteiger partial charge in [-0.05, 0) is 28.8 Å². The molecule has 0 amide bonds. The van der Waals surface area contributed by atoms with Crippen LogP contribution in [0.3, 0.4) is 0 Å². The van der Waals surface area contributed by atoms with E-state index < -0.39 is 0 Å². The van der Waals surface area contributed by atoms with Crippen LogP contribution in [-0.2, 0) is 6.54 Å². The van der Waals surface area contributed by atoms with Gasteiger partial charge < -0.3 is 10.1 Å². The summed E-state index contributed by atoms with van der Waals surface area (Å²) in [5.74, 6) is 0.601. The van der Waals surface area contributed by atoms with Crippen molar-refractivity contribution in [3.8, 4) is 17.0 Å². The second-order valence-corrected chi connectivity index (χ2v) is 5.34. The van der Waals surface area contributed by atoms with Crippen molar-refractivity contribution in [3.05, 3.63) is 47.1 Å². The molecule has 3 nitrogen and oxygen atoms in total. The molecule has 1 aromatic carbocycles. The maximum Gasteiger partial charge on any atom is 0.213 e. The summed E-state index contributed by atoms with van der Waals surface area (Å²) in [5, 5.41) is 4.14. The van der Waals surface area contributed by atoms with E-state index in [0.29, 0.717) is 11.9 Å². The highest BCUT2D eigenvalue weighted by Crippen LogP contribution is 2.27. The highest BCUT2D eigenvalue weighted by Gasteiger charge is 2.05. The van der Waals surface area contributed by atoms with Gasteiger partial charge in [-0.25, -0.2) is 4.98 Å². The molecule has 0 aliphatic rings. The lowest BCUT2D eigenvalue weighted by atomic mass is 10.0. The third kappa shape index (κ3) is 3.71. The van der Waals surface area contributed by atoms with Crippen molar-refractivity contribution in [1.82, 2.24) is 10.3 Å². The second kappa shape index (κ2) is 6.73. The number of rotatable bonds is 5. The largest absolute Gasteiger partial charge is 0.481 e. The Morgan fingerprint density at radius 2 is 1.95 bits per heavy atom. The van der Waals surface area contributed by atoms with Gasteiger partial charge in [0.25, 0.3) is 0 Å². The van der Waals surface area contributed by atoms with Gasteiger partial charge in [0.15, 0.2) is 0 Å². The first kappa shape index (κ1) is 14.8. The van der Waals surface area contributed by atoms with Gasteiger partial charge in [-0.1, -0.05) is 37.6 Å². The Morgan fingerprint density at radius 1 is 1.20 bits per heavy atom. The molecule has 0 fully saturated rings. The Morgan fingerprint density at radius 3 is 2.60 bits per heavy atom. The molecule has 20 heavy (non-hydrogen) atoms. The van der Waals surface area contributed by atoms with Gasteiger partial charge in [0.2, 0.25) is 5.88 Å². The number of nitrogens with one attached hydrogen (secondary N) is 1. The maximum absolute atomic E-state index is 6.35. The number of hydrogen-bond acceptors (Lipinski definition) is 3. The summed E-state index contributed by atoms with van der Waals surface area (Å²) in [7, 11) is 1.61. The summed E-state index contributed by atoms with van der Waals surface area (Å²) >= 11 is 6.35. The number of halogens is 1. The number of benzene rings is 1. The number of pyridine rings is 1. The zero-order valence-corrected chi connectivity index (χ0v) is 12.7. The van der Waals surface area contributed by atoms with Crippen LogP contribution in [0.1, 0.15) is 19.4 Å². The fraction of sp³-hybridized carbons (Fsp3) is 0.312. The summed E-state index contributed by atoms with van der Waals surface area (Å²) in [6.45, 7) is 5.01. The number of nitrogens with zero attached hydrogens (tertiary/aromatic N) is 1. The summed E-state index contributed by atoms with van der Waals surface area (Å²) < 4.78 is 5.14. The minimum absolute atomic E-state index is 0.440. The summed E-state index contributed by atoms with van der Waals surface area (Å²) in [6.07, 6.45) is 1.73. The molecule has 0 aliphatic heterocycles. The van der Waals surface area contributed by atoms with E-state index in [0.717, 1.165) is 28.3 Å². The van der Waals surface area contributed by atoms with Gasteiger partial charge in [-0.15, -0.1) is 0 Å². The van der Waals surface area contributed by atoms with Gasteiger partial charge in [-0.2, -0.15) is 0 Å². The van der Waals surface area contributed by atoms with E-state index in [-0.39, 0.29) is 0 Å². The Balaban J connectivity index is 2.23. The second-order valence-electron chi connectivity index (χ2n) is 4.93. The van der Waals surface area contributed by atoms with Crippen LogP contribution >= 0.6 is 11.6 Å². The monoisotopic (exact) mass is 290 g/mol. The lowest BCUT2D eigenvalue weighted by Crippen LogP contribution is -2.21. The Hall–Kier alpha value is -1.58. The van der Waals surface area contributed by atoms with E-state index in [1.807, 2.05) is 18.2 Å². The molecule has 0 unspecified atom stereocenters. The van der Waals surface area contributed by atoms with E-state index in [1.54, 1.807) is 13.3 Å². The molecular formula is C16H19ClN2O. The molecule has 0 bridgehead atoms. The molecule has 0 saturated heterocycles. The van der Waals surface area contributed by atoms with Crippen molar-refractivity contribution in [2.75, 3.05) is 7.11 Å². The molecule has 0 atom stereocenters. The third-order valence-corrected chi connectivity index (χ3v) is 3.38. The lowest BCUT2D eigenvalue weighted by molar-refractivity contribution is 0.398. The fourth-order valence-electron chi connectivity index (χ4n) is 1.88. The molecule has 1 N–H and O–H groups in total. The first-order valence-corrected chi connectivity index (χ1v) is 7.00. The van der Waals surface area contributed by atoms with Crippen LogP contribution in [0, 0.1) is 0 Å². The first-order chi connectivity index (χ1) is 9.60. The molecular weight excluding hydrogens is 272 g/mol. The van der Waals surface area contributed by atoms with E-state index >= 15 is 0 Å². The molecule has 0 radical (unpaired) electrons. The van der Waals surface area contributed by atoms with Gasteiger partial charge >= 0.3 is 0 Å². The van der Waals surface area contributed by atoms with Crippen molar-refractivity contribution in [3.63, 3.8) is 0 Å². The minimum atomic E-state index is 0.440. The summed E-state index contributed by atoms with van der Waals surface area (Å²) in [4.78, 5) is 4.11. The van der Waals surface area contributed by atoms with Crippen LogP contribution in [0.15, 0.2) is 36.5 Å². The highest BCUT2D eigenvalue weighted by atomic mass is 35.5. The third-order valence-electron chi connectivity index (χ3n) is 3.03. The van der Waals surface area contributed by atoms with Crippen molar-refractivity contribution in [2.24, 2.45) is 0 Å². The summed E-state index contributed by atoms with van der Waals surface area (Å²) in [6, 6.07) is 10.4. The molecule has 0 spiro atoms. The highest BCUT2D eigenvalue weighted by molar-refractivity contribution is 6.31. The SMILES string of the molecule is COc1cc(-c2ccc(CNC(C)C)c(Cl)c2)ccn1. The molecule has 2 aromatic rings. The molecule has 106 valence electrons. The molecule has 1 heterocycles. The summed E-state index contributed by atoms with van der Waals surface area (Å²) in [5.41, 5.74) is 3.20. The smallest absolute Gasteiger partial charge is 0.213 e. The zero-order chi connectivity index (χ0) is 14.5. The minimum Gasteiger partial charge on any atom is -0.481 e. The standard InChI is InChI=1S/C16H19ClN2O/c1-11(2)19-10-14-5-4-12(8-15(14)17)13-6-7-18-16(9-13)20-3/h4-9,11,19H,10H2,1-3H3. The van der Waals surface area contributed by atoms with Crippen LogP contribution in [0.4, 0.5) is 0 Å². The van der Waals surface area contributed by atoms with E-state index in [2.05, 4.69) is 36.3 Å². The van der Waals surface area contributed by atoms with Crippen LogP contribution in [0.5, 0.6) is 5.88 Å². The van der Waals surface area contributed by atoms with Crippen molar-refractivity contribution >= 4 is 11.6 Å². The Labute approximate surface area is 124 Å². The van der Waals surface area contributed by atoms with Crippen molar-refractivity contribution in [2.45, 2.75) is 26.4 Å². The zero-order valence-electron chi connectivity index (χ0n) is 12.0. The number of hydrogen-bond donors (Lipinski definition) is 1.